The summed E-state index contributed by atoms with van der Waals surface area (Å²) in [6.07, 6.45) is 5.82. The summed E-state index contributed by atoms with van der Waals surface area (Å²) in [4.78, 5) is 37.2. The van der Waals surface area contributed by atoms with Gasteiger partial charge in [0, 0.05) is 17.8 Å². The number of morpholine rings is 1. The normalized spacial score (nSPS) is 22.6. The molecule has 3 aliphatic heterocycles. The summed E-state index contributed by atoms with van der Waals surface area (Å²) in [5.41, 5.74) is 1.48. The Labute approximate surface area is 198 Å². The highest BCUT2D eigenvalue weighted by Crippen LogP contribution is 2.35. The fraction of sp³-hybridized carbons (Fsp3) is 0.478. The summed E-state index contributed by atoms with van der Waals surface area (Å²) in [6.45, 7) is 12.5. The van der Waals surface area contributed by atoms with Crippen LogP contribution in [0.4, 0.5) is 10.5 Å². The zero-order valence-electron chi connectivity index (χ0n) is 19.2. The molecule has 9 nitrogen and oxygen atoms in total. The monoisotopic (exact) mass is 473 g/mol. The Balaban J connectivity index is 1.55. The Morgan fingerprint density at radius 3 is 2.79 bits per heavy atom. The number of carbonyl (C=O) groups is 2. The number of nitrogens with one attached hydrogen (secondary N) is 1. The molecule has 2 atom stereocenters. The predicted octanol–water partition coefficient (Wildman–Crippen LogP) is 3.96. The number of anilines is 1. The molecule has 2 fully saturated rings. The maximum atomic E-state index is 13.1. The van der Waals surface area contributed by atoms with Gasteiger partial charge >= 0.3 is 6.09 Å². The van der Waals surface area contributed by atoms with E-state index < -0.39 is 17.6 Å². The van der Waals surface area contributed by atoms with E-state index in [9.17, 15) is 9.59 Å². The van der Waals surface area contributed by atoms with Gasteiger partial charge in [0.1, 0.15) is 16.6 Å². The van der Waals surface area contributed by atoms with Gasteiger partial charge in [0.15, 0.2) is 0 Å². The Morgan fingerprint density at radius 2 is 2.18 bits per heavy atom. The van der Waals surface area contributed by atoms with E-state index in [1.165, 1.54) is 6.20 Å². The summed E-state index contributed by atoms with van der Waals surface area (Å²) in [6, 6.07) is 0.410. The Hall–Kier alpha value is -2.91. The maximum absolute atomic E-state index is 13.1. The van der Waals surface area contributed by atoms with Gasteiger partial charge < -0.3 is 19.7 Å². The number of aliphatic imine (C=N–C) groups is 1. The summed E-state index contributed by atoms with van der Waals surface area (Å²) >= 11 is 6.24. The third kappa shape index (κ3) is 4.74. The van der Waals surface area contributed by atoms with Gasteiger partial charge in [-0.05, 0) is 53.0 Å². The molecule has 0 radical (unpaired) electrons. The van der Waals surface area contributed by atoms with Gasteiger partial charge in [-0.2, -0.15) is 0 Å². The van der Waals surface area contributed by atoms with Gasteiger partial charge in [-0.3, -0.25) is 4.79 Å². The highest BCUT2D eigenvalue weighted by atomic mass is 35.5. The standard InChI is InChI=1S/C23H28ClN5O4/c1-13(28-10-15-8-14(28)12-32-15)6-7-18(25-5)27-17-9-26-20(24)16-11-29(21(30)19(16)17)22(31)33-23(2,3)4/h6-7,9,14-15,27H,5,8,10-12H2,1-4H3/b13-6+,18-7+/t14-,15-/m0/s1. The summed E-state index contributed by atoms with van der Waals surface area (Å²) in [5, 5.41) is 3.26. The second-order valence-electron chi connectivity index (χ2n) is 9.33. The molecule has 4 rings (SSSR count). The number of pyridine rings is 1. The average Bonchev–Trinajstić information content (AvgIpc) is 3.46. The number of hydrogen-bond donors (Lipinski definition) is 1. The van der Waals surface area contributed by atoms with E-state index in [0.29, 0.717) is 29.2 Å². The molecular formula is C23H28ClN5O4. The van der Waals surface area contributed by atoms with Crippen molar-refractivity contribution in [3.63, 3.8) is 0 Å². The smallest absolute Gasteiger partial charge is 0.417 e. The highest BCUT2D eigenvalue weighted by Gasteiger charge is 2.39. The molecule has 3 aliphatic rings. The molecule has 4 heterocycles. The Kier molecular flexibility index (Phi) is 6.20. The van der Waals surface area contributed by atoms with Crippen molar-refractivity contribution in [2.75, 3.05) is 18.5 Å². The number of likely N-dealkylation sites (tertiary alicyclic amines) is 1. The molecule has 2 saturated heterocycles. The van der Waals surface area contributed by atoms with Crippen LogP contribution in [0.1, 0.15) is 50.0 Å². The number of allylic oxidation sites excluding steroid dienone is 3. The van der Waals surface area contributed by atoms with Crippen molar-refractivity contribution in [1.29, 1.82) is 0 Å². The van der Waals surface area contributed by atoms with Gasteiger partial charge in [0.2, 0.25) is 0 Å². The Morgan fingerprint density at radius 1 is 1.42 bits per heavy atom. The number of aromatic nitrogens is 1. The van der Waals surface area contributed by atoms with Crippen LogP contribution in [0.3, 0.4) is 0 Å². The third-order valence-electron chi connectivity index (χ3n) is 5.79. The number of hydrogen-bond acceptors (Lipinski definition) is 8. The van der Waals surface area contributed by atoms with Crippen molar-refractivity contribution >= 4 is 36.0 Å². The van der Waals surface area contributed by atoms with Crippen molar-refractivity contribution in [2.24, 2.45) is 4.99 Å². The summed E-state index contributed by atoms with van der Waals surface area (Å²) < 4.78 is 11.0. The quantitative estimate of drug-likeness (QED) is 0.393. The second-order valence-corrected chi connectivity index (χ2v) is 9.69. The van der Waals surface area contributed by atoms with Crippen LogP contribution in [0, 0.1) is 0 Å². The average molecular weight is 474 g/mol. The lowest BCUT2D eigenvalue weighted by molar-refractivity contribution is 0.0248. The van der Waals surface area contributed by atoms with Crippen LogP contribution in [-0.4, -0.2) is 64.4 Å². The van der Waals surface area contributed by atoms with E-state index in [-0.39, 0.29) is 17.3 Å². The van der Waals surface area contributed by atoms with Crippen molar-refractivity contribution in [1.82, 2.24) is 14.8 Å². The number of imide groups is 1. The van der Waals surface area contributed by atoms with Crippen molar-refractivity contribution < 1.29 is 19.1 Å². The first kappa shape index (κ1) is 23.3. The van der Waals surface area contributed by atoms with Crippen LogP contribution in [0.15, 0.2) is 34.9 Å². The first-order valence-electron chi connectivity index (χ1n) is 10.8. The number of carbonyl (C=O) groups excluding carboxylic acids is 2. The van der Waals surface area contributed by atoms with Crippen LogP contribution in [0.2, 0.25) is 5.15 Å². The van der Waals surface area contributed by atoms with Crippen LogP contribution in [0.25, 0.3) is 0 Å². The van der Waals surface area contributed by atoms with E-state index >= 15 is 0 Å². The molecule has 1 aromatic rings. The summed E-state index contributed by atoms with van der Waals surface area (Å²) in [5.74, 6) is -0.0703. The SMILES string of the molecule is C=N/C(=C\C=C(/C)N1C[C@@H]2C[C@H]1CO2)Nc1cnc(Cl)c2c1C(=O)N(C(=O)OC(C)(C)C)C2. The van der Waals surface area contributed by atoms with E-state index in [1.807, 2.05) is 13.0 Å². The minimum atomic E-state index is -0.733. The molecule has 0 saturated carbocycles. The third-order valence-corrected chi connectivity index (χ3v) is 6.11. The van der Waals surface area contributed by atoms with Crippen molar-refractivity contribution in [3.05, 3.63) is 46.1 Å². The van der Waals surface area contributed by atoms with E-state index in [1.54, 1.807) is 26.8 Å². The molecule has 1 N–H and O–H groups in total. The van der Waals surface area contributed by atoms with Crippen molar-refractivity contribution in [3.8, 4) is 0 Å². The lowest BCUT2D eigenvalue weighted by atomic mass is 10.1. The van der Waals surface area contributed by atoms with Gasteiger partial charge in [0.05, 0.1) is 42.7 Å². The highest BCUT2D eigenvalue weighted by molar-refractivity contribution is 6.31. The molecule has 0 unspecified atom stereocenters. The van der Waals surface area contributed by atoms with Crippen molar-refractivity contribution in [2.45, 2.75) is 58.4 Å². The molecule has 33 heavy (non-hydrogen) atoms. The fourth-order valence-electron chi connectivity index (χ4n) is 4.24. The van der Waals surface area contributed by atoms with Gasteiger partial charge in [-0.15, -0.1) is 0 Å². The fourth-order valence-corrected chi connectivity index (χ4v) is 4.44. The van der Waals surface area contributed by atoms with Crippen LogP contribution < -0.4 is 5.32 Å². The zero-order valence-corrected chi connectivity index (χ0v) is 20.0. The maximum Gasteiger partial charge on any atom is 0.417 e. The molecule has 2 amide bonds. The van der Waals surface area contributed by atoms with E-state index in [2.05, 4.69) is 26.9 Å². The molecule has 176 valence electrons. The largest absolute Gasteiger partial charge is 0.443 e. The lowest BCUT2D eigenvalue weighted by Crippen LogP contribution is -2.37. The van der Waals surface area contributed by atoms with Crippen LogP contribution >= 0.6 is 11.6 Å². The number of ether oxygens (including phenoxy) is 2. The minimum Gasteiger partial charge on any atom is -0.443 e. The number of nitrogens with zero attached hydrogens (tertiary/aromatic N) is 4. The van der Waals surface area contributed by atoms with E-state index in [4.69, 9.17) is 21.1 Å². The topological polar surface area (TPSA) is 96.4 Å². The van der Waals surface area contributed by atoms with Gasteiger partial charge in [-0.25, -0.2) is 19.7 Å². The molecule has 1 aromatic heterocycles. The second kappa shape index (κ2) is 8.79. The van der Waals surface area contributed by atoms with Crippen LogP contribution in [-0.2, 0) is 16.0 Å². The number of rotatable bonds is 5. The molecule has 0 aliphatic carbocycles. The summed E-state index contributed by atoms with van der Waals surface area (Å²) in [7, 11) is 0. The predicted molar refractivity (Wildman–Crippen MR) is 125 cm³/mol. The molecule has 10 heteroatoms. The molecular weight excluding hydrogens is 446 g/mol. The number of halogens is 1. The zero-order chi connectivity index (χ0) is 23.9. The minimum absolute atomic E-state index is 0.0103. The van der Waals surface area contributed by atoms with E-state index in [0.717, 1.165) is 30.2 Å². The number of amides is 2. The Bertz CT molecular complexity index is 1060. The molecule has 2 bridgehead atoms. The van der Waals surface area contributed by atoms with Gasteiger partial charge in [-0.1, -0.05) is 11.6 Å². The number of fused-ring (bicyclic) bond motifs is 3. The lowest BCUT2D eigenvalue weighted by Gasteiger charge is -2.29. The van der Waals surface area contributed by atoms with Crippen LogP contribution in [0.5, 0.6) is 0 Å². The van der Waals surface area contributed by atoms with Gasteiger partial charge in [0.25, 0.3) is 5.91 Å². The first-order valence-corrected chi connectivity index (χ1v) is 11.2. The molecule has 0 spiro atoms. The molecule has 0 aromatic carbocycles. The first-order chi connectivity index (χ1) is 15.6.